The number of carbonyl (C=O) groups is 1. The zero-order valence-corrected chi connectivity index (χ0v) is 15.1. The summed E-state index contributed by atoms with van der Waals surface area (Å²) in [4.78, 5) is 12.2. The number of anilines is 2. The zero-order chi connectivity index (χ0) is 17.9. The van der Waals surface area contributed by atoms with Gasteiger partial charge in [0.15, 0.2) is 0 Å². The van der Waals surface area contributed by atoms with Crippen molar-refractivity contribution in [2.45, 2.75) is 0 Å². The van der Waals surface area contributed by atoms with Gasteiger partial charge in [0.2, 0.25) is 10.0 Å². The van der Waals surface area contributed by atoms with Gasteiger partial charge in [-0.3, -0.25) is 9.52 Å². The highest BCUT2D eigenvalue weighted by Gasteiger charge is 2.12. The molecule has 0 heterocycles. The quantitative estimate of drug-likeness (QED) is 0.818. The average Bonchev–Trinajstić information content (AvgIpc) is 2.48. The van der Waals surface area contributed by atoms with Crippen molar-refractivity contribution >= 4 is 50.5 Å². The molecule has 0 radical (unpaired) electrons. The minimum absolute atomic E-state index is 0.112. The fraction of sp³-hybridized carbons (Fsp3) is 0.133. The molecule has 0 aliphatic carbocycles. The van der Waals surface area contributed by atoms with Gasteiger partial charge in [-0.1, -0.05) is 23.2 Å². The van der Waals surface area contributed by atoms with Gasteiger partial charge in [-0.05, 0) is 36.4 Å². The molecule has 2 rings (SSSR count). The maximum atomic E-state index is 12.2. The summed E-state index contributed by atoms with van der Waals surface area (Å²) in [7, 11) is -1.96. The molecule has 2 aromatic carbocycles. The number of halogens is 2. The smallest absolute Gasteiger partial charge is 0.255 e. The first-order valence-electron chi connectivity index (χ1n) is 6.62. The Morgan fingerprint density at radius 2 is 1.79 bits per heavy atom. The van der Waals surface area contributed by atoms with E-state index in [0.29, 0.717) is 16.5 Å². The van der Waals surface area contributed by atoms with Crippen molar-refractivity contribution in [2.24, 2.45) is 0 Å². The number of benzene rings is 2. The largest absolute Gasteiger partial charge is 0.495 e. The molecule has 1 amide bonds. The molecule has 0 unspecified atom stereocenters. The van der Waals surface area contributed by atoms with Gasteiger partial charge in [-0.25, -0.2) is 8.42 Å². The van der Waals surface area contributed by atoms with E-state index in [0.717, 1.165) is 6.26 Å². The minimum atomic E-state index is -3.45. The number of hydrogen-bond acceptors (Lipinski definition) is 4. The van der Waals surface area contributed by atoms with Crippen molar-refractivity contribution < 1.29 is 17.9 Å². The molecule has 0 aliphatic rings. The second kappa shape index (κ2) is 7.29. The van der Waals surface area contributed by atoms with Crippen molar-refractivity contribution in [3.05, 3.63) is 52.0 Å². The lowest BCUT2D eigenvalue weighted by atomic mass is 10.2. The van der Waals surface area contributed by atoms with Crippen LogP contribution < -0.4 is 14.8 Å². The fourth-order valence-corrected chi connectivity index (χ4v) is 3.01. The zero-order valence-electron chi connectivity index (χ0n) is 12.8. The molecule has 24 heavy (non-hydrogen) atoms. The Hall–Kier alpha value is -1.96. The van der Waals surface area contributed by atoms with E-state index in [-0.39, 0.29) is 16.3 Å². The van der Waals surface area contributed by atoms with E-state index in [1.165, 1.54) is 25.3 Å². The van der Waals surface area contributed by atoms with Gasteiger partial charge < -0.3 is 10.1 Å². The number of ether oxygens (including phenoxy) is 1. The number of methoxy groups -OCH3 is 1. The van der Waals surface area contributed by atoms with E-state index >= 15 is 0 Å². The van der Waals surface area contributed by atoms with Crippen LogP contribution >= 0.6 is 23.2 Å². The summed E-state index contributed by atoms with van der Waals surface area (Å²) in [6.45, 7) is 0. The van der Waals surface area contributed by atoms with Crippen molar-refractivity contribution in [1.29, 1.82) is 0 Å². The van der Waals surface area contributed by atoms with Gasteiger partial charge in [0.25, 0.3) is 5.91 Å². The van der Waals surface area contributed by atoms with Gasteiger partial charge in [-0.15, -0.1) is 0 Å². The molecule has 0 bridgehead atoms. The highest BCUT2D eigenvalue weighted by molar-refractivity contribution is 7.92. The Morgan fingerprint density at radius 1 is 1.08 bits per heavy atom. The number of amides is 1. The first-order valence-corrected chi connectivity index (χ1v) is 9.26. The van der Waals surface area contributed by atoms with Gasteiger partial charge in [-0.2, -0.15) is 0 Å². The predicted octanol–water partition coefficient (Wildman–Crippen LogP) is 3.63. The van der Waals surface area contributed by atoms with Gasteiger partial charge >= 0.3 is 0 Å². The summed E-state index contributed by atoms with van der Waals surface area (Å²) in [6.07, 6.45) is 1.01. The molecule has 128 valence electrons. The minimum Gasteiger partial charge on any atom is -0.495 e. The van der Waals surface area contributed by atoms with E-state index in [2.05, 4.69) is 10.0 Å². The van der Waals surface area contributed by atoms with E-state index in [9.17, 15) is 13.2 Å². The summed E-state index contributed by atoms with van der Waals surface area (Å²) in [5, 5.41) is 3.14. The van der Waals surface area contributed by atoms with Crippen LogP contribution in [0.15, 0.2) is 36.4 Å². The van der Waals surface area contributed by atoms with E-state index < -0.39 is 15.9 Å². The van der Waals surface area contributed by atoms with Crippen LogP contribution in [0.3, 0.4) is 0 Å². The third-order valence-corrected chi connectivity index (χ3v) is 4.14. The monoisotopic (exact) mass is 388 g/mol. The molecular formula is C15H14Cl2N2O4S. The maximum Gasteiger partial charge on any atom is 0.255 e. The number of carbonyl (C=O) groups excluding carboxylic acids is 1. The fourth-order valence-electron chi connectivity index (χ4n) is 1.89. The Morgan fingerprint density at radius 3 is 2.33 bits per heavy atom. The maximum absolute atomic E-state index is 12.2. The van der Waals surface area contributed by atoms with Crippen molar-refractivity contribution in [3.8, 4) is 5.75 Å². The molecule has 0 aromatic heterocycles. The normalized spacial score (nSPS) is 11.0. The molecule has 0 aliphatic heterocycles. The van der Waals surface area contributed by atoms with Crippen molar-refractivity contribution in [3.63, 3.8) is 0 Å². The summed E-state index contributed by atoms with van der Waals surface area (Å²) in [5.41, 5.74) is 0.953. The third-order valence-electron chi connectivity index (χ3n) is 2.94. The standard InChI is InChI=1S/C15H14Cl2N2O4S/c1-23-14-6-4-10(8-12(14)17)18-15(20)9-3-5-13(11(16)7-9)19-24(2,21)22/h3-8,19H,1-2H3,(H,18,20). The first-order chi connectivity index (χ1) is 11.2. The first kappa shape index (κ1) is 18.4. The van der Waals surface area contributed by atoms with Crippen molar-refractivity contribution in [2.75, 3.05) is 23.4 Å². The number of sulfonamides is 1. The third kappa shape index (κ3) is 4.77. The summed E-state index contributed by atoms with van der Waals surface area (Å²) in [6, 6.07) is 9.07. The van der Waals surface area contributed by atoms with E-state index in [1.54, 1.807) is 18.2 Å². The molecular weight excluding hydrogens is 375 g/mol. The van der Waals surface area contributed by atoms with Gasteiger partial charge in [0, 0.05) is 11.3 Å². The topological polar surface area (TPSA) is 84.5 Å². The van der Waals surface area contributed by atoms with Crippen LogP contribution in [-0.4, -0.2) is 27.7 Å². The Bertz CT molecular complexity index is 885. The van der Waals surface area contributed by atoms with E-state index in [4.69, 9.17) is 27.9 Å². The molecule has 0 saturated carbocycles. The molecule has 0 atom stereocenters. The molecule has 2 aromatic rings. The Labute approximate surface area is 149 Å². The molecule has 6 nitrogen and oxygen atoms in total. The molecule has 0 spiro atoms. The van der Waals surface area contributed by atoms with Gasteiger partial charge in [0.05, 0.1) is 29.1 Å². The summed E-state index contributed by atoms with van der Waals surface area (Å²) >= 11 is 12.0. The number of rotatable bonds is 5. The molecule has 0 fully saturated rings. The van der Waals surface area contributed by atoms with Crippen LogP contribution in [-0.2, 0) is 10.0 Å². The Balaban J connectivity index is 2.18. The molecule has 2 N–H and O–H groups in total. The lowest BCUT2D eigenvalue weighted by Gasteiger charge is -2.10. The number of hydrogen-bond donors (Lipinski definition) is 2. The van der Waals surface area contributed by atoms with Crippen LogP contribution in [0.4, 0.5) is 11.4 Å². The Kier molecular flexibility index (Phi) is 5.58. The van der Waals surface area contributed by atoms with Gasteiger partial charge in [0.1, 0.15) is 5.75 Å². The number of nitrogens with one attached hydrogen (secondary N) is 2. The summed E-state index contributed by atoms with van der Waals surface area (Å²) < 4.78 is 29.8. The second-order valence-corrected chi connectivity index (χ2v) is 7.44. The second-order valence-electron chi connectivity index (χ2n) is 4.87. The summed E-state index contributed by atoms with van der Waals surface area (Å²) in [5.74, 6) is 0.0814. The van der Waals surface area contributed by atoms with Crippen LogP contribution in [0.1, 0.15) is 10.4 Å². The highest BCUT2D eigenvalue weighted by Crippen LogP contribution is 2.28. The highest BCUT2D eigenvalue weighted by atomic mass is 35.5. The lowest BCUT2D eigenvalue weighted by Crippen LogP contribution is -2.13. The van der Waals surface area contributed by atoms with E-state index in [1.807, 2.05) is 0 Å². The SMILES string of the molecule is COc1ccc(NC(=O)c2ccc(NS(C)(=O)=O)c(Cl)c2)cc1Cl. The lowest BCUT2D eigenvalue weighted by molar-refractivity contribution is 0.102. The van der Waals surface area contributed by atoms with Crippen LogP contribution in [0.2, 0.25) is 10.0 Å². The van der Waals surface area contributed by atoms with Crippen LogP contribution in [0, 0.1) is 0 Å². The predicted molar refractivity (Wildman–Crippen MR) is 95.9 cm³/mol. The molecule has 9 heteroatoms. The van der Waals surface area contributed by atoms with Crippen LogP contribution in [0.5, 0.6) is 5.75 Å². The van der Waals surface area contributed by atoms with Crippen molar-refractivity contribution in [1.82, 2.24) is 0 Å². The van der Waals surface area contributed by atoms with Crippen LogP contribution in [0.25, 0.3) is 0 Å². The molecule has 0 saturated heterocycles. The average molecular weight is 389 g/mol.